The number of aromatic hydroxyl groups is 1. The number of ether oxygens (including phenoxy) is 1. The largest absolute Gasteiger partial charge is 0.494 e. The predicted molar refractivity (Wildman–Crippen MR) is 130 cm³/mol. The molecule has 1 aromatic heterocycles. The van der Waals surface area contributed by atoms with Crippen molar-refractivity contribution in [1.82, 2.24) is 9.13 Å². The Morgan fingerprint density at radius 2 is 1.74 bits per heavy atom. The summed E-state index contributed by atoms with van der Waals surface area (Å²) in [7, 11) is 2.58. The summed E-state index contributed by atoms with van der Waals surface area (Å²) in [6.45, 7) is 2.39. The zero-order chi connectivity index (χ0) is 24.8. The van der Waals surface area contributed by atoms with Gasteiger partial charge in [-0.05, 0) is 55.5 Å². The number of hydrogen-bond acceptors (Lipinski definition) is 7. The van der Waals surface area contributed by atoms with Crippen molar-refractivity contribution in [2.24, 2.45) is 19.1 Å². The Morgan fingerprint density at radius 1 is 1.09 bits per heavy atom. The van der Waals surface area contributed by atoms with Gasteiger partial charge in [-0.2, -0.15) is 0 Å². The number of aromatic nitrogens is 2. The summed E-state index contributed by atoms with van der Waals surface area (Å²) < 4.78 is 20.4. The fraction of sp³-hybridized carbons (Fsp3) is 0.217. The maximum atomic E-state index is 13.3. The van der Waals surface area contributed by atoms with Gasteiger partial charge in [-0.3, -0.25) is 18.7 Å². The summed E-state index contributed by atoms with van der Waals surface area (Å²) >= 11 is 0.895. The molecule has 1 heterocycles. The first kappa shape index (κ1) is 24.8. The normalized spacial score (nSPS) is 11.4. The number of benzene rings is 2. The highest BCUT2D eigenvalue weighted by Crippen LogP contribution is 2.24. The van der Waals surface area contributed by atoms with Crippen LogP contribution in [-0.2, 0) is 18.9 Å². The van der Waals surface area contributed by atoms with E-state index in [2.05, 4.69) is 10.3 Å². The lowest BCUT2D eigenvalue weighted by Gasteiger charge is -2.12. The summed E-state index contributed by atoms with van der Waals surface area (Å²) in [6.07, 6.45) is 0. The van der Waals surface area contributed by atoms with Gasteiger partial charge >= 0.3 is 5.69 Å². The predicted octanol–water partition coefficient (Wildman–Crippen LogP) is 2.78. The minimum Gasteiger partial charge on any atom is -0.494 e. The molecule has 178 valence electrons. The van der Waals surface area contributed by atoms with E-state index in [4.69, 9.17) is 4.74 Å². The highest BCUT2D eigenvalue weighted by molar-refractivity contribution is 8.15. The average molecular weight is 487 g/mol. The molecule has 34 heavy (non-hydrogen) atoms. The van der Waals surface area contributed by atoms with E-state index in [-0.39, 0.29) is 22.3 Å². The number of hydrogen-bond donors (Lipinski definition) is 2. The molecule has 0 bridgehead atoms. The van der Waals surface area contributed by atoms with Crippen molar-refractivity contribution in [3.8, 4) is 11.6 Å². The number of thioether (sulfide) groups is 1. The molecule has 9 nitrogen and oxygen atoms in total. The number of nitrogens with one attached hydrogen (secondary N) is 1. The number of aliphatic imine (C=N–C) groups is 1. The minimum atomic E-state index is -0.777. The monoisotopic (exact) mass is 486 g/mol. The standard InChI is InChI=1S/C23H23FN4O5S/c1-4-33-17-11-9-15(10-12-17)25-18(29)13-34-20(26-16-7-5-14(24)6-8-16)19-21(30)27(2)23(32)28(3)22(19)31/h5-12,30H,4,13H2,1-3H3,(H,25,29). The van der Waals surface area contributed by atoms with Gasteiger partial charge in [0.05, 0.1) is 18.0 Å². The molecule has 0 aliphatic heterocycles. The van der Waals surface area contributed by atoms with Crippen LogP contribution in [0.5, 0.6) is 11.6 Å². The second kappa shape index (κ2) is 10.8. The van der Waals surface area contributed by atoms with E-state index >= 15 is 0 Å². The number of nitrogens with zero attached hydrogens (tertiary/aromatic N) is 3. The van der Waals surface area contributed by atoms with Crippen molar-refractivity contribution in [2.45, 2.75) is 6.92 Å². The summed E-state index contributed by atoms with van der Waals surface area (Å²) in [5, 5.41) is 13.3. The summed E-state index contributed by atoms with van der Waals surface area (Å²) in [5.74, 6) is -0.928. The number of halogens is 1. The van der Waals surface area contributed by atoms with Gasteiger partial charge in [0.1, 0.15) is 22.2 Å². The van der Waals surface area contributed by atoms with Crippen LogP contribution in [0.3, 0.4) is 0 Å². The molecule has 2 N–H and O–H groups in total. The molecule has 3 aromatic rings. The first-order chi connectivity index (χ1) is 16.2. The molecule has 0 unspecified atom stereocenters. The van der Waals surface area contributed by atoms with Gasteiger partial charge in [-0.15, -0.1) is 0 Å². The lowest BCUT2D eigenvalue weighted by Crippen LogP contribution is -2.39. The van der Waals surface area contributed by atoms with Gasteiger partial charge in [-0.1, -0.05) is 11.8 Å². The molecule has 0 radical (unpaired) electrons. The topological polar surface area (TPSA) is 115 Å². The zero-order valence-electron chi connectivity index (χ0n) is 18.7. The Balaban J connectivity index is 1.90. The molecule has 1 amide bonds. The first-order valence-corrected chi connectivity index (χ1v) is 11.2. The molecular formula is C23H23FN4O5S. The molecule has 0 aliphatic carbocycles. The zero-order valence-corrected chi connectivity index (χ0v) is 19.6. The van der Waals surface area contributed by atoms with Crippen molar-refractivity contribution in [3.05, 3.63) is 80.7 Å². The maximum Gasteiger partial charge on any atom is 0.333 e. The third kappa shape index (κ3) is 5.73. The van der Waals surface area contributed by atoms with E-state index in [9.17, 15) is 23.9 Å². The summed E-state index contributed by atoms with van der Waals surface area (Å²) in [4.78, 5) is 41.8. The quantitative estimate of drug-likeness (QED) is 0.392. The molecule has 3 rings (SSSR count). The highest BCUT2D eigenvalue weighted by Gasteiger charge is 2.22. The van der Waals surface area contributed by atoms with Crippen LogP contribution in [0.1, 0.15) is 12.5 Å². The average Bonchev–Trinajstić information content (AvgIpc) is 2.82. The van der Waals surface area contributed by atoms with Crippen LogP contribution in [0.25, 0.3) is 0 Å². The third-order valence-electron chi connectivity index (χ3n) is 4.69. The van der Waals surface area contributed by atoms with Crippen LogP contribution in [0.2, 0.25) is 0 Å². The lowest BCUT2D eigenvalue weighted by molar-refractivity contribution is -0.113. The van der Waals surface area contributed by atoms with Crippen LogP contribution in [0, 0.1) is 5.82 Å². The Morgan fingerprint density at radius 3 is 2.35 bits per heavy atom. The number of rotatable bonds is 7. The fourth-order valence-corrected chi connectivity index (χ4v) is 3.78. The Labute approximate surface area is 198 Å². The second-order valence-corrected chi connectivity index (χ2v) is 8.06. The molecule has 0 spiro atoms. The highest BCUT2D eigenvalue weighted by atomic mass is 32.2. The number of carbonyl (C=O) groups excluding carboxylic acids is 1. The number of amides is 1. The van der Waals surface area contributed by atoms with Gasteiger partial charge in [0.2, 0.25) is 11.8 Å². The summed E-state index contributed by atoms with van der Waals surface area (Å²) in [5.41, 5.74) is -0.891. The van der Waals surface area contributed by atoms with Crippen molar-refractivity contribution in [2.75, 3.05) is 17.7 Å². The van der Waals surface area contributed by atoms with E-state index in [1.54, 1.807) is 24.3 Å². The van der Waals surface area contributed by atoms with E-state index in [0.717, 1.165) is 20.9 Å². The van der Waals surface area contributed by atoms with Gasteiger partial charge in [0.15, 0.2) is 0 Å². The van der Waals surface area contributed by atoms with Crippen LogP contribution < -0.4 is 21.3 Å². The molecule has 0 fully saturated rings. The Hall–Kier alpha value is -3.86. The van der Waals surface area contributed by atoms with Gasteiger partial charge in [0, 0.05) is 19.8 Å². The smallest absolute Gasteiger partial charge is 0.333 e. The molecule has 0 aliphatic rings. The lowest BCUT2D eigenvalue weighted by atomic mass is 10.3. The van der Waals surface area contributed by atoms with Crippen LogP contribution in [-0.4, -0.2) is 37.6 Å². The SMILES string of the molecule is CCOc1ccc(NC(=O)CSC(=Nc2ccc(F)cc2)c2c(O)n(C)c(=O)n(C)c2=O)cc1. The van der Waals surface area contributed by atoms with Crippen LogP contribution in [0.15, 0.2) is 63.1 Å². The molecule has 2 aromatic carbocycles. The Kier molecular flexibility index (Phi) is 7.90. The molecule has 0 saturated heterocycles. The Bertz CT molecular complexity index is 1330. The molecule has 11 heteroatoms. The molecule has 0 atom stereocenters. The van der Waals surface area contributed by atoms with E-state index in [0.29, 0.717) is 23.7 Å². The number of carbonyl (C=O) groups is 1. The van der Waals surface area contributed by atoms with Crippen molar-refractivity contribution < 1.29 is 19.0 Å². The van der Waals surface area contributed by atoms with Crippen LogP contribution in [0.4, 0.5) is 15.8 Å². The fourth-order valence-electron chi connectivity index (χ4n) is 2.95. The van der Waals surface area contributed by atoms with Crippen molar-refractivity contribution in [1.29, 1.82) is 0 Å². The van der Waals surface area contributed by atoms with Crippen LogP contribution >= 0.6 is 11.8 Å². The van der Waals surface area contributed by atoms with Crippen molar-refractivity contribution in [3.63, 3.8) is 0 Å². The number of anilines is 1. The first-order valence-electron chi connectivity index (χ1n) is 10.2. The molecular weight excluding hydrogens is 463 g/mol. The van der Waals surface area contributed by atoms with E-state index in [1.165, 1.54) is 38.4 Å². The third-order valence-corrected chi connectivity index (χ3v) is 5.67. The van der Waals surface area contributed by atoms with Gasteiger partial charge < -0.3 is 15.2 Å². The van der Waals surface area contributed by atoms with Gasteiger partial charge in [-0.25, -0.2) is 14.2 Å². The second-order valence-electron chi connectivity index (χ2n) is 7.09. The minimum absolute atomic E-state index is 0.00199. The van der Waals surface area contributed by atoms with Crippen molar-refractivity contribution >= 4 is 34.1 Å². The van der Waals surface area contributed by atoms with E-state index in [1.807, 2.05) is 6.92 Å². The maximum absolute atomic E-state index is 13.3. The van der Waals surface area contributed by atoms with E-state index < -0.39 is 22.9 Å². The van der Waals surface area contributed by atoms with Gasteiger partial charge in [0.25, 0.3) is 5.56 Å². The summed E-state index contributed by atoms with van der Waals surface area (Å²) in [6, 6.07) is 12.0. The molecule has 0 saturated carbocycles.